The van der Waals surface area contributed by atoms with Crippen molar-refractivity contribution in [2.24, 2.45) is 0 Å². The summed E-state index contributed by atoms with van der Waals surface area (Å²) in [5, 5.41) is 0.675. The zero-order chi connectivity index (χ0) is 28.8. The molecule has 0 spiro atoms. The molecule has 0 aromatic heterocycles. The largest absolute Gasteiger partial charge is 0.497 e. The van der Waals surface area contributed by atoms with Gasteiger partial charge in [0.05, 0.1) is 26.7 Å². The van der Waals surface area contributed by atoms with Gasteiger partial charge < -0.3 is 18.7 Å². The molecular formula is C35H32ClO4P. The van der Waals surface area contributed by atoms with Crippen molar-refractivity contribution < 1.29 is 18.7 Å². The van der Waals surface area contributed by atoms with Gasteiger partial charge in [-0.3, -0.25) is 0 Å². The molecule has 0 saturated carbocycles. The molecule has 5 aromatic carbocycles. The van der Waals surface area contributed by atoms with Crippen LogP contribution in [0.2, 0.25) is 5.02 Å². The third kappa shape index (κ3) is 5.56. The molecule has 0 aliphatic carbocycles. The fraction of sp³-hybridized carbons (Fsp3) is 0.143. The van der Waals surface area contributed by atoms with Gasteiger partial charge in [0, 0.05) is 14.5 Å². The van der Waals surface area contributed by atoms with Crippen LogP contribution in [0.4, 0.5) is 0 Å². The maximum Gasteiger partial charge on any atom is 0.118 e. The van der Waals surface area contributed by atoms with E-state index < -0.39 is 5.41 Å². The van der Waals surface area contributed by atoms with Crippen molar-refractivity contribution in [3.8, 4) is 17.2 Å². The summed E-state index contributed by atoms with van der Waals surface area (Å²) in [4.78, 5) is 0. The summed E-state index contributed by atoms with van der Waals surface area (Å²) in [7, 11) is 7.49. The predicted molar refractivity (Wildman–Crippen MR) is 168 cm³/mol. The van der Waals surface area contributed by atoms with E-state index in [1.165, 1.54) is 0 Å². The Labute approximate surface area is 249 Å². The van der Waals surface area contributed by atoms with Crippen molar-refractivity contribution in [1.82, 2.24) is 0 Å². The van der Waals surface area contributed by atoms with E-state index in [-0.39, 0.29) is 6.10 Å². The normalized spacial score (nSPS) is 12.0. The van der Waals surface area contributed by atoms with Crippen LogP contribution < -0.4 is 14.2 Å². The van der Waals surface area contributed by atoms with E-state index in [2.05, 4.69) is 64.1 Å². The van der Waals surface area contributed by atoms with Crippen LogP contribution in [-0.2, 0) is 9.94 Å². The predicted octanol–water partition coefficient (Wildman–Crippen LogP) is 8.64. The van der Waals surface area contributed by atoms with Gasteiger partial charge in [-0.05, 0) is 81.9 Å². The Hall–Kier alpha value is -3.82. The van der Waals surface area contributed by atoms with Gasteiger partial charge in [0.15, 0.2) is 0 Å². The highest BCUT2D eigenvalue weighted by atomic mass is 35.5. The molecule has 0 saturated heterocycles. The molecular weight excluding hydrogens is 551 g/mol. The minimum absolute atomic E-state index is 0.373. The number of ether oxygens (including phenoxy) is 3. The first-order chi connectivity index (χ1) is 20.0. The van der Waals surface area contributed by atoms with Crippen molar-refractivity contribution in [2.45, 2.75) is 11.5 Å². The quantitative estimate of drug-likeness (QED) is 0.122. The van der Waals surface area contributed by atoms with Crippen molar-refractivity contribution in [3.63, 3.8) is 0 Å². The Kier molecular flexibility index (Phi) is 8.95. The minimum atomic E-state index is -0.741. The maximum absolute atomic E-state index is 6.25. The summed E-state index contributed by atoms with van der Waals surface area (Å²) < 4.78 is 22.7. The molecule has 0 amide bonds. The van der Waals surface area contributed by atoms with Gasteiger partial charge in [-0.25, -0.2) is 0 Å². The lowest BCUT2D eigenvalue weighted by molar-refractivity contribution is 0.291. The van der Waals surface area contributed by atoms with E-state index in [9.17, 15) is 0 Å². The molecule has 0 aliphatic heterocycles. The molecule has 5 aromatic rings. The van der Waals surface area contributed by atoms with Crippen LogP contribution >= 0.6 is 21.1 Å². The number of hydrogen-bond donors (Lipinski definition) is 0. The third-order valence-corrected chi connectivity index (χ3v) is 8.05. The van der Waals surface area contributed by atoms with Crippen LogP contribution in [0.1, 0.15) is 39.5 Å². The van der Waals surface area contributed by atoms with Gasteiger partial charge in [-0.15, -0.1) is 0 Å². The fourth-order valence-corrected chi connectivity index (χ4v) is 5.96. The highest BCUT2D eigenvalue weighted by molar-refractivity contribution is 7.09. The second kappa shape index (κ2) is 12.8. The summed E-state index contributed by atoms with van der Waals surface area (Å²) in [6, 6.07) is 41.0. The number of benzene rings is 5. The Morgan fingerprint density at radius 2 is 0.976 bits per heavy atom. The topological polar surface area (TPSA) is 36.9 Å². The lowest BCUT2D eigenvalue weighted by atomic mass is 9.63. The Morgan fingerprint density at radius 3 is 1.37 bits per heavy atom. The smallest absolute Gasteiger partial charge is 0.118 e. The van der Waals surface area contributed by atoms with E-state index in [1.54, 1.807) is 21.3 Å². The standard InChI is InChI=1S/C35H32ClO4P/c1-37-29-18-10-25(11-19-29)35(26-12-20-30(38-2)21-13-26,27-14-22-31(39-3)23-15-27)33-7-5-4-6-32(33)34(40-41)24-8-16-28(36)17-9-24/h4-23,34H,41H2,1-3H3/t34-/m0/s1. The fourth-order valence-electron chi connectivity index (χ4n) is 5.53. The summed E-state index contributed by atoms with van der Waals surface area (Å²) in [6.07, 6.45) is -0.373. The number of methoxy groups -OCH3 is 3. The van der Waals surface area contributed by atoms with Crippen molar-refractivity contribution in [2.75, 3.05) is 21.3 Å². The van der Waals surface area contributed by atoms with Gasteiger partial charge in [0.2, 0.25) is 0 Å². The summed E-state index contributed by atoms with van der Waals surface area (Å²) in [5.74, 6) is 2.35. The Bertz CT molecular complexity index is 1450. The monoisotopic (exact) mass is 582 g/mol. The van der Waals surface area contributed by atoms with Crippen LogP contribution in [-0.4, -0.2) is 21.3 Å². The van der Waals surface area contributed by atoms with Gasteiger partial charge in [0.1, 0.15) is 23.4 Å². The SMILES string of the molecule is COc1ccc(C(c2ccc(OC)cc2)(c2ccc(OC)cc2)c2ccccc2[C@@H](OP)c2ccc(Cl)cc2)cc1. The molecule has 0 heterocycles. The summed E-state index contributed by atoms with van der Waals surface area (Å²) >= 11 is 6.25. The van der Waals surface area contributed by atoms with Crippen molar-refractivity contribution in [3.05, 3.63) is 160 Å². The van der Waals surface area contributed by atoms with Crippen LogP contribution in [0, 0.1) is 0 Å². The van der Waals surface area contributed by atoms with E-state index in [1.807, 2.05) is 66.7 Å². The molecule has 6 heteroatoms. The maximum atomic E-state index is 6.25. The van der Waals surface area contributed by atoms with Gasteiger partial charge >= 0.3 is 0 Å². The average Bonchev–Trinajstić information content (AvgIpc) is 3.04. The summed E-state index contributed by atoms with van der Waals surface area (Å²) in [6.45, 7) is 0. The van der Waals surface area contributed by atoms with Crippen LogP contribution in [0.3, 0.4) is 0 Å². The molecule has 0 bridgehead atoms. The second-order valence-corrected chi connectivity index (χ2v) is 10.3. The van der Waals surface area contributed by atoms with Crippen molar-refractivity contribution in [1.29, 1.82) is 0 Å². The van der Waals surface area contributed by atoms with Gasteiger partial charge in [-0.2, -0.15) is 0 Å². The molecule has 5 rings (SSSR count). The first kappa shape index (κ1) is 28.7. The van der Waals surface area contributed by atoms with Gasteiger partial charge in [0.25, 0.3) is 0 Å². The summed E-state index contributed by atoms with van der Waals surface area (Å²) in [5.41, 5.74) is 5.55. The molecule has 208 valence electrons. The van der Waals surface area contributed by atoms with Crippen LogP contribution in [0.25, 0.3) is 0 Å². The molecule has 0 aliphatic rings. The lowest BCUT2D eigenvalue weighted by Gasteiger charge is -2.39. The van der Waals surface area contributed by atoms with E-state index in [0.717, 1.165) is 50.6 Å². The average molecular weight is 583 g/mol. The van der Waals surface area contributed by atoms with E-state index >= 15 is 0 Å². The number of rotatable bonds is 10. The molecule has 0 N–H and O–H groups in total. The zero-order valence-corrected chi connectivity index (χ0v) is 25.1. The lowest BCUT2D eigenvalue weighted by Crippen LogP contribution is -2.33. The molecule has 2 atom stereocenters. The van der Waals surface area contributed by atoms with Gasteiger partial charge in [-0.1, -0.05) is 84.4 Å². The molecule has 1 unspecified atom stereocenters. The van der Waals surface area contributed by atoms with E-state index in [4.69, 9.17) is 30.3 Å². The van der Waals surface area contributed by atoms with E-state index in [0.29, 0.717) is 5.02 Å². The minimum Gasteiger partial charge on any atom is -0.497 e. The first-order valence-electron chi connectivity index (χ1n) is 13.2. The number of halogens is 1. The first-order valence-corrected chi connectivity index (χ1v) is 14.0. The highest BCUT2D eigenvalue weighted by Gasteiger charge is 2.41. The molecule has 41 heavy (non-hydrogen) atoms. The highest BCUT2D eigenvalue weighted by Crippen LogP contribution is 2.49. The van der Waals surface area contributed by atoms with Crippen LogP contribution in [0.5, 0.6) is 17.2 Å². The molecule has 0 fully saturated rings. The zero-order valence-electron chi connectivity index (χ0n) is 23.2. The second-order valence-electron chi connectivity index (χ2n) is 9.59. The third-order valence-electron chi connectivity index (χ3n) is 7.53. The Morgan fingerprint density at radius 1 is 0.561 bits per heavy atom. The number of hydrogen-bond acceptors (Lipinski definition) is 4. The van der Waals surface area contributed by atoms with Crippen molar-refractivity contribution >= 4 is 21.1 Å². The molecule has 0 radical (unpaired) electrons. The Balaban J connectivity index is 1.88. The molecule has 4 nitrogen and oxygen atoms in total. The van der Waals surface area contributed by atoms with Crippen LogP contribution in [0.15, 0.2) is 121 Å².